The van der Waals surface area contributed by atoms with Gasteiger partial charge in [0.1, 0.15) is 12.5 Å². The summed E-state index contributed by atoms with van der Waals surface area (Å²) in [5.41, 5.74) is 6.90. The minimum atomic E-state index is -0.212. The van der Waals surface area contributed by atoms with Crippen molar-refractivity contribution >= 4 is 5.57 Å². The molecule has 2 unspecified atom stereocenters. The highest BCUT2D eigenvalue weighted by molar-refractivity contribution is 5.62. The molecule has 0 spiro atoms. The van der Waals surface area contributed by atoms with Crippen molar-refractivity contribution in [3.8, 4) is 0 Å². The zero-order valence-electron chi connectivity index (χ0n) is 8.93. The van der Waals surface area contributed by atoms with E-state index in [-0.39, 0.29) is 12.3 Å². The third-order valence-corrected chi connectivity index (χ3v) is 2.34. The molecule has 3 N–H and O–H groups in total. The van der Waals surface area contributed by atoms with Crippen molar-refractivity contribution in [2.75, 3.05) is 13.2 Å². The van der Waals surface area contributed by atoms with E-state index in [0.717, 1.165) is 5.57 Å². The van der Waals surface area contributed by atoms with Crippen molar-refractivity contribution in [1.29, 1.82) is 0 Å². The van der Waals surface area contributed by atoms with E-state index in [1.165, 1.54) is 0 Å². The first kappa shape index (κ1) is 11.1. The van der Waals surface area contributed by atoms with Crippen molar-refractivity contribution in [3.63, 3.8) is 0 Å². The van der Waals surface area contributed by atoms with Crippen LogP contribution < -0.4 is 11.1 Å². The van der Waals surface area contributed by atoms with Gasteiger partial charge in [0.2, 0.25) is 5.89 Å². The van der Waals surface area contributed by atoms with Crippen LogP contribution in [0, 0.1) is 0 Å². The van der Waals surface area contributed by atoms with E-state index in [9.17, 15) is 0 Å². The van der Waals surface area contributed by atoms with Gasteiger partial charge < -0.3 is 14.9 Å². The highest BCUT2D eigenvalue weighted by Crippen LogP contribution is 2.16. The molecule has 0 amide bonds. The zero-order valence-corrected chi connectivity index (χ0v) is 8.93. The van der Waals surface area contributed by atoms with Gasteiger partial charge in [-0.3, -0.25) is 5.32 Å². The molecule has 1 aromatic heterocycles. The molecular formula is C11H15N3O2. The predicted octanol–water partition coefficient (Wildman–Crippen LogP) is 0.517. The largest absolute Gasteiger partial charge is 0.445 e. The van der Waals surface area contributed by atoms with Gasteiger partial charge in [0.15, 0.2) is 0 Å². The van der Waals surface area contributed by atoms with E-state index >= 15 is 0 Å². The lowest BCUT2D eigenvalue weighted by atomic mass is 10.1. The summed E-state index contributed by atoms with van der Waals surface area (Å²) in [4.78, 5) is 4.07. The number of nitrogens with two attached hydrogens (primary N) is 1. The Labute approximate surface area is 94.0 Å². The first-order valence-electron chi connectivity index (χ1n) is 5.13. The summed E-state index contributed by atoms with van der Waals surface area (Å²) in [6.45, 7) is 4.71. The molecule has 1 aliphatic rings. The lowest BCUT2D eigenvalue weighted by molar-refractivity contribution is 0.0400. The summed E-state index contributed by atoms with van der Waals surface area (Å²) in [5, 5.41) is 3.18. The summed E-state index contributed by atoms with van der Waals surface area (Å²) < 4.78 is 10.7. The summed E-state index contributed by atoms with van der Waals surface area (Å²) in [7, 11) is 0. The maximum Gasteiger partial charge on any atom is 0.222 e. The molecule has 2 rings (SSSR count). The lowest BCUT2D eigenvalue weighted by Crippen LogP contribution is -2.49. The highest BCUT2D eigenvalue weighted by Gasteiger charge is 2.23. The molecule has 0 saturated heterocycles. The number of nitrogens with zero attached hydrogens (tertiary/aromatic N) is 1. The second kappa shape index (κ2) is 5.07. The molecular weight excluding hydrogens is 206 g/mol. The Morgan fingerprint density at radius 1 is 1.75 bits per heavy atom. The molecule has 0 radical (unpaired) electrons. The van der Waals surface area contributed by atoms with E-state index in [2.05, 4.69) is 16.9 Å². The van der Waals surface area contributed by atoms with Gasteiger partial charge in [-0.05, 0) is 0 Å². The lowest BCUT2D eigenvalue weighted by Gasteiger charge is -2.27. The van der Waals surface area contributed by atoms with Gasteiger partial charge in [-0.1, -0.05) is 12.2 Å². The van der Waals surface area contributed by atoms with Crippen LogP contribution in [0.4, 0.5) is 0 Å². The smallest absolute Gasteiger partial charge is 0.222 e. The Balaban J connectivity index is 2.03. The van der Waals surface area contributed by atoms with Gasteiger partial charge in [0.25, 0.3) is 0 Å². The van der Waals surface area contributed by atoms with Gasteiger partial charge >= 0.3 is 0 Å². The standard InChI is InChI=1S/C11H15N3O2/c1-2-4-15-11-9(12)6-8(7-14-11)10-13-3-5-16-10/h2-3,5-6,9,11,14H,1,4,7,12H2. The van der Waals surface area contributed by atoms with Gasteiger partial charge in [-0.15, -0.1) is 6.58 Å². The molecule has 2 atom stereocenters. The SMILES string of the molecule is C=CCOC1NCC(c2ncco2)=CC1N. The van der Waals surface area contributed by atoms with Crippen molar-refractivity contribution in [2.24, 2.45) is 5.73 Å². The topological polar surface area (TPSA) is 73.3 Å². The number of hydrogen-bond donors (Lipinski definition) is 2. The Bertz CT molecular complexity index is 373. The number of aromatic nitrogens is 1. The number of rotatable bonds is 4. The maximum absolute atomic E-state index is 5.95. The minimum Gasteiger partial charge on any atom is -0.445 e. The summed E-state index contributed by atoms with van der Waals surface area (Å²) in [5.74, 6) is 0.602. The van der Waals surface area contributed by atoms with Crippen molar-refractivity contribution in [3.05, 3.63) is 37.1 Å². The molecule has 0 saturated carbocycles. The molecule has 0 aromatic carbocycles. The second-order valence-electron chi connectivity index (χ2n) is 3.53. The maximum atomic E-state index is 5.95. The Morgan fingerprint density at radius 3 is 3.25 bits per heavy atom. The molecule has 16 heavy (non-hydrogen) atoms. The fourth-order valence-corrected chi connectivity index (χ4v) is 1.60. The van der Waals surface area contributed by atoms with Crippen molar-refractivity contribution < 1.29 is 9.15 Å². The number of hydrogen-bond acceptors (Lipinski definition) is 5. The van der Waals surface area contributed by atoms with Gasteiger partial charge in [-0.25, -0.2) is 4.98 Å². The third-order valence-electron chi connectivity index (χ3n) is 2.34. The molecule has 86 valence electrons. The van der Waals surface area contributed by atoms with Crippen LogP contribution >= 0.6 is 0 Å². The van der Waals surface area contributed by atoms with E-state index in [1.54, 1.807) is 18.5 Å². The van der Waals surface area contributed by atoms with Crippen LogP contribution in [-0.2, 0) is 4.74 Å². The fourth-order valence-electron chi connectivity index (χ4n) is 1.60. The molecule has 1 aromatic rings. The summed E-state index contributed by atoms with van der Waals surface area (Å²) >= 11 is 0. The number of oxazole rings is 1. The molecule has 1 aliphatic heterocycles. The molecule has 5 heteroatoms. The van der Waals surface area contributed by atoms with E-state index < -0.39 is 0 Å². The second-order valence-corrected chi connectivity index (χ2v) is 3.53. The molecule has 5 nitrogen and oxygen atoms in total. The molecule has 0 fully saturated rings. The van der Waals surface area contributed by atoms with Crippen LogP contribution in [0.3, 0.4) is 0 Å². The van der Waals surface area contributed by atoms with E-state index in [1.807, 2.05) is 6.08 Å². The summed E-state index contributed by atoms with van der Waals surface area (Å²) in [6.07, 6.45) is 6.58. The van der Waals surface area contributed by atoms with Crippen LogP contribution in [0.1, 0.15) is 5.89 Å². The van der Waals surface area contributed by atoms with Crippen LogP contribution in [0.2, 0.25) is 0 Å². The number of ether oxygens (including phenoxy) is 1. The van der Waals surface area contributed by atoms with E-state index in [0.29, 0.717) is 19.0 Å². The molecule has 2 heterocycles. The van der Waals surface area contributed by atoms with Crippen LogP contribution in [-0.4, -0.2) is 30.4 Å². The van der Waals surface area contributed by atoms with Crippen LogP contribution in [0.25, 0.3) is 5.57 Å². The quantitative estimate of drug-likeness (QED) is 0.725. The van der Waals surface area contributed by atoms with Gasteiger partial charge in [0.05, 0.1) is 18.8 Å². The van der Waals surface area contributed by atoms with Crippen LogP contribution in [0.15, 0.2) is 35.6 Å². The fraction of sp³-hybridized carbons (Fsp3) is 0.364. The van der Waals surface area contributed by atoms with Gasteiger partial charge in [0, 0.05) is 12.1 Å². The first-order chi connectivity index (χ1) is 7.81. The highest BCUT2D eigenvalue weighted by atomic mass is 16.5. The van der Waals surface area contributed by atoms with Gasteiger partial charge in [-0.2, -0.15) is 0 Å². The number of nitrogens with one attached hydrogen (secondary N) is 1. The zero-order chi connectivity index (χ0) is 11.4. The Morgan fingerprint density at radius 2 is 2.62 bits per heavy atom. The van der Waals surface area contributed by atoms with Crippen LogP contribution in [0.5, 0.6) is 0 Å². The Kier molecular flexibility index (Phi) is 3.51. The predicted molar refractivity (Wildman–Crippen MR) is 60.4 cm³/mol. The van der Waals surface area contributed by atoms with Crippen molar-refractivity contribution in [2.45, 2.75) is 12.3 Å². The average Bonchev–Trinajstić information content (AvgIpc) is 2.81. The average molecular weight is 221 g/mol. The minimum absolute atomic E-state index is 0.184. The summed E-state index contributed by atoms with van der Waals surface area (Å²) in [6, 6.07) is -0.212. The first-order valence-corrected chi connectivity index (χ1v) is 5.13. The van der Waals surface area contributed by atoms with Crippen molar-refractivity contribution in [1.82, 2.24) is 10.3 Å². The molecule has 0 bridgehead atoms. The molecule has 0 aliphatic carbocycles. The van der Waals surface area contributed by atoms with E-state index in [4.69, 9.17) is 14.9 Å². The Hall–Kier alpha value is -1.43. The normalized spacial score (nSPS) is 25.2. The monoisotopic (exact) mass is 221 g/mol. The third kappa shape index (κ3) is 2.38.